The van der Waals surface area contributed by atoms with Crippen LogP contribution in [0, 0.1) is 0 Å². The number of alkyl halides is 3. The van der Waals surface area contributed by atoms with Crippen LogP contribution in [0.5, 0.6) is 0 Å². The SMILES string of the molecule is CN(CC(F)(F)F)C(CN)C(=O)O. The Morgan fingerprint density at radius 3 is 2.31 bits per heavy atom. The van der Waals surface area contributed by atoms with E-state index >= 15 is 0 Å². The fourth-order valence-electron chi connectivity index (χ4n) is 0.862. The maximum atomic E-state index is 11.8. The van der Waals surface area contributed by atoms with Crippen LogP contribution in [0.2, 0.25) is 0 Å². The standard InChI is InChI=1S/C6H11F3N2O2/c1-11(3-6(7,8)9)4(2-10)5(12)13/h4H,2-3,10H2,1H3,(H,12,13). The van der Waals surface area contributed by atoms with Gasteiger partial charge >= 0.3 is 12.1 Å². The molecule has 1 unspecified atom stereocenters. The molecule has 0 aliphatic rings. The number of rotatable bonds is 4. The first-order valence-corrected chi connectivity index (χ1v) is 3.48. The van der Waals surface area contributed by atoms with Gasteiger partial charge in [-0.2, -0.15) is 13.2 Å². The Balaban J connectivity index is 4.22. The molecule has 0 spiro atoms. The van der Waals surface area contributed by atoms with Gasteiger partial charge in [-0.3, -0.25) is 9.69 Å². The molecule has 0 rings (SSSR count). The first-order valence-electron chi connectivity index (χ1n) is 3.48. The molecule has 0 fully saturated rings. The number of likely N-dealkylation sites (N-methyl/N-ethyl adjacent to an activating group) is 1. The lowest BCUT2D eigenvalue weighted by Gasteiger charge is -2.23. The molecule has 0 aromatic rings. The monoisotopic (exact) mass is 200 g/mol. The Labute approximate surface area is 73.1 Å². The first kappa shape index (κ1) is 12.2. The summed E-state index contributed by atoms with van der Waals surface area (Å²) in [7, 11) is 1.07. The van der Waals surface area contributed by atoms with Crippen LogP contribution < -0.4 is 5.73 Å². The number of carboxylic acid groups (broad SMARTS) is 1. The van der Waals surface area contributed by atoms with Crippen molar-refractivity contribution in [3.63, 3.8) is 0 Å². The van der Waals surface area contributed by atoms with E-state index in [4.69, 9.17) is 10.8 Å². The maximum Gasteiger partial charge on any atom is 0.401 e. The van der Waals surface area contributed by atoms with E-state index in [0.717, 1.165) is 7.05 Å². The van der Waals surface area contributed by atoms with Crippen LogP contribution in [0.4, 0.5) is 13.2 Å². The lowest BCUT2D eigenvalue weighted by atomic mass is 10.2. The van der Waals surface area contributed by atoms with E-state index in [-0.39, 0.29) is 6.54 Å². The fraction of sp³-hybridized carbons (Fsp3) is 0.833. The first-order chi connectivity index (χ1) is 5.78. The zero-order valence-electron chi connectivity index (χ0n) is 7.01. The van der Waals surface area contributed by atoms with Crippen molar-refractivity contribution in [3.8, 4) is 0 Å². The van der Waals surface area contributed by atoms with Crippen LogP contribution in [0.25, 0.3) is 0 Å². The average Bonchev–Trinajstić information content (AvgIpc) is 1.82. The van der Waals surface area contributed by atoms with Gasteiger partial charge < -0.3 is 10.8 Å². The summed E-state index contributed by atoms with van der Waals surface area (Å²) < 4.78 is 35.4. The number of carboxylic acids is 1. The second-order valence-corrected chi connectivity index (χ2v) is 2.62. The van der Waals surface area contributed by atoms with Crippen LogP contribution in [-0.2, 0) is 4.79 Å². The molecular weight excluding hydrogens is 189 g/mol. The summed E-state index contributed by atoms with van der Waals surface area (Å²) in [5.74, 6) is -1.35. The van der Waals surface area contributed by atoms with Crippen molar-refractivity contribution < 1.29 is 23.1 Å². The zero-order valence-corrected chi connectivity index (χ0v) is 7.01. The minimum atomic E-state index is -4.41. The van der Waals surface area contributed by atoms with Gasteiger partial charge in [-0.1, -0.05) is 0 Å². The number of halogens is 3. The molecule has 0 amide bonds. The topological polar surface area (TPSA) is 66.6 Å². The van der Waals surface area contributed by atoms with E-state index in [9.17, 15) is 18.0 Å². The van der Waals surface area contributed by atoms with E-state index in [0.29, 0.717) is 4.90 Å². The Bertz CT molecular complexity index is 183. The lowest BCUT2D eigenvalue weighted by molar-refractivity contribution is -0.158. The van der Waals surface area contributed by atoms with Gasteiger partial charge in [-0.05, 0) is 7.05 Å². The van der Waals surface area contributed by atoms with Gasteiger partial charge in [0.05, 0.1) is 6.54 Å². The molecule has 0 aromatic carbocycles. The highest BCUT2D eigenvalue weighted by atomic mass is 19.4. The number of nitrogens with zero attached hydrogens (tertiary/aromatic N) is 1. The quantitative estimate of drug-likeness (QED) is 0.664. The third-order valence-corrected chi connectivity index (χ3v) is 1.47. The number of carbonyl (C=O) groups is 1. The maximum absolute atomic E-state index is 11.8. The van der Waals surface area contributed by atoms with Crippen molar-refractivity contribution in [2.24, 2.45) is 5.73 Å². The van der Waals surface area contributed by atoms with E-state index in [1.54, 1.807) is 0 Å². The van der Waals surface area contributed by atoms with Gasteiger partial charge in [0.25, 0.3) is 0 Å². The smallest absolute Gasteiger partial charge is 0.401 e. The van der Waals surface area contributed by atoms with Crippen LogP contribution in [-0.4, -0.2) is 48.3 Å². The van der Waals surface area contributed by atoms with Gasteiger partial charge in [-0.15, -0.1) is 0 Å². The van der Waals surface area contributed by atoms with Crippen LogP contribution in [0.1, 0.15) is 0 Å². The van der Waals surface area contributed by atoms with Crippen molar-refractivity contribution in [1.82, 2.24) is 4.90 Å². The van der Waals surface area contributed by atoms with Crippen LogP contribution in [0.15, 0.2) is 0 Å². The number of aliphatic carboxylic acids is 1. The van der Waals surface area contributed by atoms with Crippen molar-refractivity contribution in [3.05, 3.63) is 0 Å². The molecule has 4 nitrogen and oxygen atoms in total. The van der Waals surface area contributed by atoms with E-state index < -0.39 is 24.7 Å². The van der Waals surface area contributed by atoms with Gasteiger partial charge in [0.1, 0.15) is 6.04 Å². The van der Waals surface area contributed by atoms with Crippen LogP contribution in [0.3, 0.4) is 0 Å². The molecule has 0 saturated carbocycles. The highest BCUT2D eigenvalue weighted by molar-refractivity contribution is 5.73. The largest absolute Gasteiger partial charge is 0.480 e. The highest BCUT2D eigenvalue weighted by Gasteiger charge is 2.33. The van der Waals surface area contributed by atoms with Crippen molar-refractivity contribution in [2.75, 3.05) is 20.1 Å². The Morgan fingerprint density at radius 1 is 1.62 bits per heavy atom. The summed E-state index contributed by atoms with van der Waals surface area (Å²) >= 11 is 0. The minimum Gasteiger partial charge on any atom is -0.480 e. The lowest BCUT2D eigenvalue weighted by Crippen LogP contribution is -2.47. The third kappa shape index (κ3) is 4.69. The molecule has 0 aliphatic heterocycles. The Kier molecular flexibility index (Phi) is 4.15. The molecule has 0 saturated heterocycles. The number of hydrogen-bond acceptors (Lipinski definition) is 3. The second-order valence-electron chi connectivity index (χ2n) is 2.62. The second kappa shape index (κ2) is 4.43. The zero-order chi connectivity index (χ0) is 10.6. The van der Waals surface area contributed by atoms with Gasteiger partial charge in [0, 0.05) is 6.54 Å². The predicted molar refractivity (Wildman–Crippen MR) is 39.2 cm³/mol. The minimum absolute atomic E-state index is 0.345. The summed E-state index contributed by atoms with van der Waals surface area (Å²) in [5, 5.41) is 8.45. The van der Waals surface area contributed by atoms with E-state index in [1.807, 2.05) is 0 Å². The summed E-state index contributed by atoms with van der Waals surface area (Å²) in [4.78, 5) is 11.0. The summed E-state index contributed by atoms with van der Waals surface area (Å²) in [6.45, 7) is -1.62. The number of hydrogen-bond donors (Lipinski definition) is 2. The van der Waals surface area contributed by atoms with Crippen molar-refractivity contribution in [2.45, 2.75) is 12.2 Å². The van der Waals surface area contributed by atoms with Gasteiger partial charge in [0.15, 0.2) is 0 Å². The molecule has 13 heavy (non-hydrogen) atoms. The molecule has 0 aromatic heterocycles. The van der Waals surface area contributed by atoms with E-state index in [1.165, 1.54) is 0 Å². The fourth-order valence-corrected chi connectivity index (χ4v) is 0.862. The van der Waals surface area contributed by atoms with Crippen molar-refractivity contribution >= 4 is 5.97 Å². The highest BCUT2D eigenvalue weighted by Crippen LogP contribution is 2.16. The molecule has 0 radical (unpaired) electrons. The number of nitrogens with two attached hydrogens (primary N) is 1. The summed E-state index contributed by atoms with van der Waals surface area (Å²) in [6, 6.07) is -1.29. The molecule has 7 heteroatoms. The normalized spacial score (nSPS) is 14.6. The average molecular weight is 200 g/mol. The van der Waals surface area contributed by atoms with Crippen molar-refractivity contribution in [1.29, 1.82) is 0 Å². The predicted octanol–water partition coefficient (Wildman–Crippen LogP) is -0.108. The molecule has 78 valence electrons. The molecule has 0 heterocycles. The van der Waals surface area contributed by atoms with Gasteiger partial charge in [-0.25, -0.2) is 0 Å². The molecule has 1 atom stereocenters. The molecular formula is C6H11F3N2O2. The van der Waals surface area contributed by atoms with E-state index in [2.05, 4.69) is 0 Å². The summed E-state index contributed by atoms with van der Waals surface area (Å²) in [6.07, 6.45) is -4.41. The molecule has 0 bridgehead atoms. The third-order valence-electron chi connectivity index (χ3n) is 1.47. The Hall–Kier alpha value is -0.820. The molecule has 3 N–H and O–H groups in total. The molecule has 0 aliphatic carbocycles. The van der Waals surface area contributed by atoms with Crippen LogP contribution >= 0.6 is 0 Å². The Morgan fingerprint density at radius 2 is 2.08 bits per heavy atom. The summed E-state index contributed by atoms with van der Waals surface area (Å²) in [5.41, 5.74) is 5.00. The van der Waals surface area contributed by atoms with Gasteiger partial charge in [0.2, 0.25) is 0 Å².